The van der Waals surface area contributed by atoms with Crippen LogP contribution in [0.1, 0.15) is 6.92 Å². The lowest BCUT2D eigenvalue weighted by atomic mass is 11.0. The quantitative estimate of drug-likeness (QED) is 0.351. The summed E-state index contributed by atoms with van der Waals surface area (Å²) in [5.41, 5.74) is 0. The third-order valence-corrected chi connectivity index (χ3v) is 1.16. The number of rotatable bonds is 1. The largest absolute Gasteiger partial charge is 1.00 e. The molecule has 0 atom stereocenters. The van der Waals surface area contributed by atoms with Crippen molar-refractivity contribution in [2.75, 3.05) is 6.16 Å². The van der Waals surface area contributed by atoms with E-state index in [0.29, 0.717) is 0 Å². The van der Waals surface area contributed by atoms with Crippen LogP contribution in [0.15, 0.2) is 0 Å². The van der Waals surface area contributed by atoms with Crippen molar-refractivity contribution in [3.63, 3.8) is 0 Å². The van der Waals surface area contributed by atoms with Gasteiger partial charge in [0.2, 0.25) is 0 Å². The van der Waals surface area contributed by atoms with Crippen molar-refractivity contribution in [2.24, 2.45) is 0 Å². The van der Waals surface area contributed by atoms with Crippen LogP contribution in [0.2, 0.25) is 0 Å². The molecule has 0 saturated carbocycles. The molecule has 40 valence electrons. The second-order valence-corrected chi connectivity index (χ2v) is 2.11. The first kappa shape index (κ1) is 15.7. The van der Waals surface area contributed by atoms with Gasteiger partial charge in [0.1, 0.15) is 0 Å². The van der Waals surface area contributed by atoms with E-state index in [-0.39, 0.29) is 24.8 Å². The van der Waals surface area contributed by atoms with Gasteiger partial charge in [0.15, 0.2) is 0 Å². The van der Waals surface area contributed by atoms with Crippen LogP contribution in [0.4, 0.5) is 0 Å². The Bertz CT molecular complexity index is 25.5. The molecule has 0 unspecified atom stereocenters. The normalized spacial score (nSPS) is 5.50. The van der Waals surface area contributed by atoms with E-state index in [1.54, 1.807) is 0 Å². The molecule has 0 aliphatic carbocycles. The van der Waals surface area contributed by atoms with E-state index in [9.17, 15) is 0 Å². The molecule has 0 aliphatic rings. The van der Waals surface area contributed by atoms with E-state index in [1.165, 1.54) is 0 Å². The number of hydrogen-bond donors (Lipinski definition) is 0. The maximum absolute atomic E-state index is 4.53. The Balaban J connectivity index is -0.0000000450. The van der Waals surface area contributed by atoms with Crippen molar-refractivity contribution in [3.8, 4) is 0 Å². The van der Waals surface area contributed by atoms with Crippen molar-refractivity contribution in [2.45, 2.75) is 6.92 Å². The molecule has 0 aromatic heterocycles. The molecule has 0 spiro atoms. The lowest BCUT2D eigenvalue weighted by Gasteiger charge is -1.53. The Morgan fingerprint density at radius 3 is 1.67 bits per heavy atom. The minimum absolute atomic E-state index is 0. The van der Waals surface area contributed by atoms with Gasteiger partial charge >= 0.3 is 0 Å². The average molecular weight is 163 g/mol. The maximum atomic E-state index is 4.53. The Morgan fingerprint density at radius 2 is 1.67 bits per heavy atom. The van der Waals surface area contributed by atoms with Crippen molar-refractivity contribution < 1.29 is 24.8 Å². The van der Waals surface area contributed by atoms with Gasteiger partial charge in [0, 0.05) is 0 Å². The Hall–Kier alpha value is 1.10. The summed E-state index contributed by atoms with van der Waals surface area (Å²) in [5, 5.41) is 0. The summed E-state index contributed by atoms with van der Waals surface area (Å²) in [6, 6.07) is 0. The fraction of sp³-hybridized carbons (Fsp3) is 1.00. The zero-order chi connectivity index (χ0) is 3.41. The topological polar surface area (TPSA) is 0 Å². The van der Waals surface area contributed by atoms with Gasteiger partial charge < -0.3 is 24.8 Å². The van der Waals surface area contributed by atoms with Crippen LogP contribution in [0.3, 0.4) is 0 Å². The van der Waals surface area contributed by atoms with Crippen molar-refractivity contribution in [1.29, 1.82) is 0 Å². The SMILES string of the molecule is CCP=S.[Cl-].[Cl-]. The van der Waals surface area contributed by atoms with Crippen LogP contribution >= 0.6 is 7.36 Å². The lowest BCUT2D eigenvalue weighted by Crippen LogP contribution is -3.00. The van der Waals surface area contributed by atoms with Crippen LogP contribution in [0.25, 0.3) is 0 Å². The number of hydrogen-bond acceptors (Lipinski definition) is 1. The lowest BCUT2D eigenvalue weighted by molar-refractivity contribution is -0.00100. The summed E-state index contributed by atoms with van der Waals surface area (Å²) < 4.78 is 0. The van der Waals surface area contributed by atoms with Crippen molar-refractivity contribution >= 4 is 19.2 Å². The smallest absolute Gasteiger partial charge is 0.00300 e. The highest BCUT2D eigenvalue weighted by molar-refractivity contribution is 7.96. The molecule has 0 nitrogen and oxygen atoms in total. The Morgan fingerprint density at radius 1 is 1.50 bits per heavy atom. The fourth-order valence-corrected chi connectivity index (χ4v) is 0. The van der Waals surface area contributed by atoms with Gasteiger partial charge in [0.25, 0.3) is 0 Å². The highest BCUT2D eigenvalue weighted by Crippen LogP contribution is 1.83. The molecule has 0 rings (SSSR count). The van der Waals surface area contributed by atoms with E-state index in [0.717, 1.165) is 13.5 Å². The van der Waals surface area contributed by atoms with E-state index in [1.807, 2.05) is 0 Å². The second kappa shape index (κ2) is 16.5. The molecule has 0 N–H and O–H groups in total. The van der Waals surface area contributed by atoms with Crippen molar-refractivity contribution in [1.82, 2.24) is 0 Å². The first-order valence-corrected chi connectivity index (χ1v) is 3.30. The summed E-state index contributed by atoms with van der Waals surface area (Å²) in [5.74, 6) is 0. The summed E-state index contributed by atoms with van der Waals surface area (Å²) in [4.78, 5) is 0. The molecular weight excluding hydrogens is 158 g/mol. The average Bonchev–Trinajstić information content (AvgIpc) is 1.37. The molecule has 0 aliphatic heterocycles. The first-order chi connectivity index (χ1) is 1.91. The van der Waals surface area contributed by atoms with Gasteiger partial charge in [-0.2, -0.15) is 0 Å². The van der Waals surface area contributed by atoms with E-state index in [4.69, 9.17) is 0 Å². The molecule has 4 heteroatoms. The minimum Gasteiger partial charge on any atom is -1.00 e. The van der Waals surface area contributed by atoms with E-state index < -0.39 is 0 Å². The van der Waals surface area contributed by atoms with Crippen molar-refractivity contribution in [3.05, 3.63) is 0 Å². The third-order valence-electron chi connectivity index (χ3n) is 0.129. The molecule has 0 radical (unpaired) electrons. The molecule has 0 amide bonds. The Labute approximate surface area is 57.4 Å². The minimum atomic E-state index is 0. The molecule has 0 bridgehead atoms. The summed E-state index contributed by atoms with van der Waals surface area (Å²) >= 11 is 4.53. The molecular formula is C2H5Cl2PS-2. The Kier molecular flexibility index (Phi) is 43.2. The van der Waals surface area contributed by atoms with Crippen LogP contribution in [-0.4, -0.2) is 6.16 Å². The highest BCUT2D eigenvalue weighted by Gasteiger charge is 1.49. The van der Waals surface area contributed by atoms with Gasteiger partial charge in [-0.25, -0.2) is 0 Å². The van der Waals surface area contributed by atoms with Crippen LogP contribution in [0.5, 0.6) is 0 Å². The van der Waals surface area contributed by atoms with Crippen LogP contribution < -0.4 is 24.8 Å². The molecule has 0 fully saturated rings. The molecule has 0 aromatic rings. The van der Waals surface area contributed by atoms with Gasteiger partial charge in [-0.3, -0.25) is 0 Å². The predicted octanol–water partition coefficient (Wildman–Crippen LogP) is -4.58. The predicted molar refractivity (Wildman–Crippen MR) is 24.8 cm³/mol. The molecule has 0 saturated heterocycles. The van der Waals surface area contributed by atoms with Crippen LogP contribution in [-0.2, 0) is 11.8 Å². The molecule has 6 heavy (non-hydrogen) atoms. The summed E-state index contributed by atoms with van der Waals surface area (Å²) in [6.45, 7) is 2.06. The second-order valence-electron chi connectivity index (χ2n) is 0.445. The van der Waals surface area contributed by atoms with Gasteiger partial charge in [-0.05, 0) is 13.5 Å². The zero-order valence-electron chi connectivity index (χ0n) is 3.32. The van der Waals surface area contributed by atoms with Gasteiger partial charge in [-0.15, -0.1) is 0 Å². The summed E-state index contributed by atoms with van der Waals surface area (Å²) in [6.07, 6.45) is 1.11. The van der Waals surface area contributed by atoms with Gasteiger partial charge in [-0.1, -0.05) is 18.7 Å². The highest BCUT2D eigenvalue weighted by atomic mass is 35.5. The van der Waals surface area contributed by atoms with Crippen LogP contribution in [0, 0.1) is 0 Å². The molecule has 0 aromatic carbocycles. The maximum Gasteiger partial charge on any atom is -0.00300 e. The monoisotopic (exact) mass is 162 g/mol. The zero-order valence-corrected chi connectivity index (χ0v) is 6.54. The third kappa shape index (κ3) is 19.4. The van der Waals surface area contributed by atoms with Gasteiger partial charge in [0.05, 0.1) is 0 Å². The van der Waals surface area contributed by atoms with E-state index >= 15 is 0 Å². The molecule has 0 heterocycles. The standard InChI is InChI=1S/C2H5PS.2ClH/c1-2-3-4;;/h2H2,1H3;2*1H/p-2. The fourth-order valence-electron chi connectivity index (χ4n) is 0. The first-order valence-electron chi connectivity index (χ1n) is 1.21. The summed E-state index contributed by atoms with van der Waals surface area (Å²) in [7, 11) is 1.08. The number of halogens is 2. The van der Waals surface area contributed by atoms with E-state index in [2.05, 4.69) is 18.7 Å².